The summed E-state index contributed by atoms with van der Waals surface area (Å²) < 4.78 is 37.2. The average Bonchev–Trinajstić information content (AvgIpc) is 2.50. The molecule has 0 radical (unpaired) electrons. The molecule has 2 rings (SSSR count). The standard InChI is InChI=1S/C16H15F3N2O2/c17-16(18,19)15(23)11-3-6-14(13(20)9-11)21-12-4-1-10(2-5-12)7-8-22/h1-6,9,21-22H,7-8,20H2. The van der Waals surface area contributed by atoms with E-state index >= 15 is 0 Å². The van der Waals surface area contributed by atoms with Crippen LogP contribution >= 0.6 is 0 Å². The molecule has 0 spiro atoms. The van der Waals surface area contributed by atoms with Gasteiger partial charge in [0.1, 0.15) is 0 Å². The van der Waals surface area contributed by atoms with E-state index in [0.29, 0.717) is 17.8 Å². The number of Topliss-reactive ketones (excluding diaryl/α,β-unsaturated/α-hetero) is 1. The van der Waals surface area contributed by atoms with Gasteiger partial charge in [-0.25, -0.2) is 0 Å². The Morgan fingerprint density at radius 1 is 1.13 bits per heavy atom. The van der Waals surface area contributed by atoms with Gasteiger partial charge in [0.15, 0.2) is 0 Å². The molecule has 0 aliphatic heterocycles. The van der Waals surface area contributed by atoms with Crippen molar-refractivity contribution < 1.29 is 23.1 Å². The van der Waals surface area contributed by atoms with Crippen molar-refractivity contribution in [1.82, 2.24) is 0 Å². The van der Waals surface area contributed by atoms with E-state index in [1.165, 1.54) is 6.07 Å². The number of nitrogens with two attached hydrogens (primary N) is 1. The summed E-state index contributed by atoms with van der Waals surface area (Å²) in [6.07, 6.45) is -4.39. The van der Waals surface area contributed by atoms with E-state index in [-0.39, 0.29) is 12.3 Å². The highest BCUT2D eigenvalue weighted by molar-refractivity contribution is 6.01. The maximum atomic E-state index is 12.4. The van der Waals surface area contributed by atoms with Gasteiger partial charge < -0.3 is 16.2 Å². The Kier molecular flexibility index (Phi) is 4.90. The molecule has 0 amide bonds. The van der Waals surface area contributed by atoms with E-state index in [2.05, 4.69) is 5.32 Å². The fraction of sp³-hybridized carbons (Fsp3) is 0.188. The molecule has 0 heterocycles. The lowest BCUT2D eigenvalue weighted by Gasteiger charge is -2.12. The number of carbonyl (C=O) groups excluding carboxylic acids is 1. The van der Waals surface area contributed by atoms with Crippen LogP contribution < -0.4 is 11.1 Å². The lowest BCUT2D eigenvalue weighted by Crippen LogP contribution is -2.22. The summed E-state index contributed by atoms with van der Waals surface area (Å²) in [6.45, 7) is 0.0500. The highest BCUT2D eigenvalue weighted by Gasteiger charge is 2.39. The Hall–Kier alpha value is -2.54. The van der Waals surface area contributed by atoms with Gasteiger partial charge in [-0.15, -0.1) is 0 Å². The number of hydrogen-bond acceptors (Lipinski definition) is 4. The normalized spacial score (nSPS) is 11.3. The van der Waals surface area contributed by atoms with E-state index in [9.17, 15) is 18.0 Å². The first-order valence-electron chi connectivity index (χ1n) is 6.79. The van der Waals surface area contributed by atoms with Gasteiger partial charge in [0, 0.05) is 17.9 Å². The minimum absolute atomic E-state index is 0.0412. The molecule has 7 heteroatoms. The lowest BCUT2D eigenvalue weighted by molar-refractivity contribution is -0.0885. The number of anilines is 3. The zero-order valence-corrected chi connectivity index (χ0v) is 12.0. The third-order valence-electron chi connectivity index (χ3n) is 3.20. The van der Waals surface area contributed by atoms with Crippen molar-refractivity contribution in [3.63, 3.8) is 0 Å². The lowest BCUT2D eigenvalue weighted by atomic mass is 10.1. The molecular formula is C16H15F3N2O2. The number of alkyl halides is 3. The molecule has 0 saturated carbocycles. The first kappa shape index (κ1) is 16.8. The molecule has 0 atom stereocenters. The van der Waals surface area contributed by atoms with Gasteiger partial charge in [-0.1, -0.05) is 12.1 Å². The topological polar surface area (TPSA) is 75.4 Å². The van der Waals surface area contributed by atoms with Crippen molar-refractivity contribution in [3.8, 4) is 0 Å². The average molecular weight is 324 g/mol. The largest absolute Gasteiger partial charge is 0.454 e. The first-order chi connectivity index (χ1) is 10.8. The molecule has 23 heavy (non-hydrogen) atoms. The molecule has 2 aromatic rings. The third-order valence-corrected chi connectivity index (χ3v) is 3.20. The Morgan fingerprint density at radius 3 is 2.30 bits per heavy atom. The molecule has 0 bridgehead atoms. The van der Waals surface area contributed by atoms with Gasteiger partial charge in [0.25, 0.3) is 5.78 Å². The Bertz CT molecular complexity index is 697. The molecule has 4 N–H and O–H groups in total. The van der Waals surface area contributed by atoms with Crippen LogP contribution in [0.5, 0.6) is 0 Å². The third kappa shape index (κ3) is 4.23. The summed E-state index contributed by atoms with van der Waals surface area (Å²) in [5, 5.41) is 11.8. The fourth-order valence-corrected chi connectivity index (χ4v) is 2.02. The quantitative estimate of drug-likeness (QED) is 0.583. The summed E-state index contributed by atoms with van der Waals surface area (Å²) in [6, 6.07) is 10.6. The van der Waals surface area contributed by atoms with Crippen molar-refractivity contribution >= 4 is 22.8 Å². The molecule has 2 aromatic carbocycles. The van der Waals surface area contributed by atoms with Crippen molar-refractivity contribution in [2.24, 2.45) is 0 Å². The number of aliphatic hydroxyl groups excluding tert-OH is 1. The molecule has 122 valence electrons. The molecule has 0 unspecified atom stereocenters. The molecule has 0 aromatic heterocycles. The minimum Gasteiger partial charge on any atom is -0.397 e. The van der Waals surface area contributed by atoms with Gasteiger partial charge in [0.05, 0.1) is 11.4 Å². The number of nitrogen functional groups attached to an aromatic ring is 1. The van der Waals surface area contributed by atoms with Gasteiger partial charge >= 0.3 is 6.18 Å². The van der Waals surface area contributed by atoms with Crippen LogP contribution in [-0.2, 0) is 6.42 Å². The van der Waals surface area contributed by atoms with Crippen LogP contribution in [0.15, 0.2) is 42.5 Å². The highest BCUT2D eigenvalue weighted by Crippen LogP contribution is 2.28. The number of halogens is 3. The van der Waals surface area contributed by atoms with Crippen LogP contribution in [0.25, 0.3) is 0 Å². The van der Waals surface area contributed by atoms with Crippen molar-refractivity contribution in [1.29, 1.82) is 0 Å². The maximum absolute atomic E-state index is 12.4. The maximum Gasteiger partial charge on any atom is 0.454 e. The summed E-state index contributed by atoms with van der Waals surface area (Å²) in [5.41, 5.74) is 7.30. The minimum atomic E-state index is -4.93. The number of benzene rings is 2. The smallest absolute Gasteiger partial charge is 0.397 e. The van der Waals surface area contributed by atoms with Crippen LogP contribution in [0, 0.1) is 0 Å². The molecule has 0 aliphatic carbocycles. The van der Waals surface area contributed by atoms with Gasteiger partial charge in [-0.05, 0) is 42.3 Å². The van der Waals surface area contributed by atoms with Gasteiger partial charge in [-0.3, -0.25) is 4.79 Å². The molecule has 4 nitrogen and oxygen atoms in total. The van der Waals surface area contributed by atoms with Gasteiger partial charge in [0.2, 0.25) is 0 Å². The molecule has 0 aliphatic rings. The summed E-state index contributed by atoms with van der Waals surface area (Å²) in [5.74, 6) is -1.93. The Morgan fingerprint density at radius 2 is 1.78 bits per heavy atom. The number of rotatable bonds is 5. The number of carbonyl (C=O) groups is 1. The van der Waals surface area contributed by atoms with Crippen LogP contribution in [0.3, 0.4) is 0 Å². The van der Waals surface area contributed by atoms with Crippen LogP contribution in [0.1, 0.15) is 15.9 Å². The molecular weight excluding hydrogens is 309 g/mol. The van der Waals surface area contributed by atoms with Crippen LogP contribution in [-0.4, -0.2) is 23.7 Å². The monoisotopic (exact) mass is 324 g/mol. The second kappa shape index (κ2) is 6.70. The fourth-order valence-electron chi connectivity index (χ4n) is 2.02. The summed E-state index contributed by atoms with van der Waals surface area (Å²) >= 11 is 0. The number of nitrogens with one attached hydrogen (secondary N) is 1. The van der Waals surface area contributed by atoms with E-state index in [1.54, 1.807) is 12.1 Å². The predicted octanol–water partition coefficient (Wildman–Crippen LogP) is 3.29. The highest BCUT2D eigenvalue weighted by atomic mass is 19.4. The van der Waals surface area contributed by atoms with E-state index < -0.39 is 17.5 Å². The van der Waals surface area contributed by atoms with Crippen molar-refractivity contribution in [3.05, 3.63) is 53.6 Å². The second-order valence-electron chi connectivity index (χ2n) is 4.92. The van der Waals surface area contributed by atoms with Gasteiger partial charge in [-0.2, -0.15) is 13.2 Å². The van der Waals surface area contributed by atoms with Crippen LogP contribution in [0.2, 0.25) is 0 Å². The zero-order chi connectivity index (χ0) is 17.0. The number of hydrogen-bond donors (Lipinski definition) is 3. The van der Waals surface area contributed by atoms with Crippen LogP contribution in [0.4, 0.5) is 30.2 Å². The van der Waals surface area contributed by atoms with Crippen molar-refractivity contribution in [2.45, 2.75) is 12.6 Å². The first-order valence-corrected chi connectivity index (χ1v) is 6.79. The van der Waals surface area contributed by atoms with Crippen molar-refractivity contribution in [2.75, 3.05) is 17.7 Å². The SMILES string of the molecule is Nc1cc(C(=O)C(F)(F)F)ccc1Nc1ccc(CCO)cc1. The number of ketones is 1. The Labute approximate surface area is 130 Å². The summed E-state index contributed by atoms with van der Waals surface area (Å²) in [7, 11) is 0. The van der Waals surface area contributed by atoms with E-state index in [0.717, 1.165) is 17.7 Å². The zero-order valence-electron chi connectivity index (χ0n) is 12.0. The summed E-state index contributed by atoms with van der Waals surface area (Å²) in [4.78, 5) is 11.2. The van der Waals surface area contributed by atoms with E-state index in [4.69, 9.17) is 10.8 Å². The Balaban J connectivity index is 2.16. The number of aliphatic hydroxyl groups is 1. The molecule has 0 fully saturated rings. The second-order valence-corrected chi connectivity index (χ2v) is 4.92. The predicted molar refractivity (Wildman–Crippen MR) is 81.8 cm³/mol. The molecule has 0 saturated heterocycles. The van der Waals surface area contributed by atoms with E-state index in [1.807, 2.05) is 12.1 Å².